The van der Waals surface area contributed by atoms with Crippen LogP contribution in [-0.2, 0) is 0 Å². The van der Waals surface area contributed by atoms with Crippen molar-refractivity contribution >= 4 is 0 Å². The van der Waals surface area contributed by atoms with Gasteiger partial charge in [0.1, 0.15) is 6.61 Å². The second kappa shape index (κ2) is 6.64. The van der Waals surface area contributed by atoms with Crippen LogP contribution in [0, 0.1) is 6.92 Å². The van der Waals surface area contributed by atoms with Crippen LogP contribution >= 0.6 is 0 Å². The Kier molecular flexibility index (Phi) is 5.48. The molecule has 0 spiro atoms. The number of methoxy groups -OCH3 is 1. The summed E-state index contributed by atoms with van der Waals surface area (Å²) in [5, 5.41) is 3.46. The van der Waals surface area contributed by atoms with Gasteiger partial charge in [-0.15, -0.1) is 0 Å². The predicted molar refractivity (Wildman–Crippen MR) is 75.6 cm³/mol. The van der Waals surface area contributed by atoms with Crippen molar-refractivity contribution in [3.8, 4) is 11.5 Å². The molecule has 0 amide bonds. The summed E-state index contributed by atoms with van der Waals surface area (Å²) in [5.41, 5.74) is 1.34. The topological polar surface area (TPSA) is 30.5 Å². The first-order valence-electron chi connectivity index (χ1n) is 6.51. The van der Waals surface area contributed by atoms with Crippen molar-refractivity contribution in [1.82, 2.24) is 5.32 Å². The van der Waals surface area contributed by atoms with Crippen molar-refractivity contribution in [2.24, 2.45) is 0 Å². The normalized spacial score (nSPS) is 11.4. The van der Waals surface area contributed by atoms with Gasteiger partial charge in [0.15, 0.2) is 11.5 Å². The third-order valence-electron chi connectivity index (χ3n) is 3.17. The Morgan fingerprint density at radius 1 is 1.22 bits per heavy atom. The SMILES string of the molecule is CCC(C)(C)NCCOc1ccc(C)cc1OC. The van der Waals surface area contributed by atoms with E-state index in [1.807, 2.05) is 25.1 Å². The summed E-state index contributed by atoms with van der Waals surface area (Å²) in [6, 6.07) is 5.97. The molecule has 0 saturated carbocycles. The Hall–Kier alpha value is -1.22. The molecule has 0 saturated heterocycles. The lowest BCUT2D eigenvalue weighted by Gasteiger charge is -2.24. The number of benzene rings is 1. The highest BCUT2D eigenvalue weighted by Crippen LogP contribution is 2.27. The first-order valence-corrected chi connectivity index (χ1v) is 6.51. The Bertz CT molecular complexity index is 375. The molecule has 0 aliphatic carbocycles. The van der Waals surface area contributed by atoms with Gasteiger partial charge < -0.3 is 14.8 Å². The molecular weight excluding hydrogens is 226 g/mol. The fourth-order valence-electron chi connectivity index (χ4n) is 1.57. The minimum atomic E-state index is 0.167. The van der Waals surface area contributed by atoms with Crippen LogP contribution < -0.4 is 14.8 Å². The summed E-state index contributed by atoms with van der Waals surface area (Å²) >= 11 is 0. The second-order valence-corrected chi connectivity index (χ2v) is 5.17. The van der Waals surface area contributed by atoms with Crippen molar-refractivity contribution in [1.29, 1.82) is 0 Å². The van der Waals surface area contributed by atoms with Gasteiger partial charge in [-0.1, -0.05) is 13.0 Å². The van der Waals surface area contributed by atoms with E-state index in [1.165, 1.54) is 5.56 Å². The maximum atomic E-state index is 5.74. The number of aryl methyl sites for hydroxylation is 1. The molecule has 0 fully saturated rings. The Morgan fingerprint density at radius 3 is 2.56 bits per heavy atom. The zero-order valence-corrected chi connectivity index (χ0v) is 12.2. The predicted octanol–water partition coefficient (Wildman–Crippen LogP) is 3.16. The third kappa shape index (κ3) is 4.57. The van der Waals surface area contributed by atoms with Crippen molar-refractivity contribution in [3.63, 3.8) is 0 Å². The maximum absolute atomic E-state index is 5.74. The average Bonchev–Trinajstić information content (AvgIpc) is 2.36. The van der Waals surface area contributed by atoms with Gasteiger partial charge in [-0.25, -0.2) is 0 Å². The molecule has 1 N–H and O–H groups in total. The molecule has 3 heteroatoms. The van der Waals surface area contributed by atoms with E-state index in [0.717, 1.165) is 24.5 Å². The van der Waals surface area contributed by atoms with Crippen LogP contribution in [0.3, 0.4) is 0 Å². The second-order valence-electron chi connectivity index (χ2n) is 5.17. The molecule has 102 valence electrons. The molecule has 0 bridgehead atoms. The molecule has 0 aromatic heterocycles. The molecule has 1 rings (SSSR count). The van der Waals surface area contributed by atoms with Crippen LogP contribution in [0.4, 0.5) is 0 Å². The van der Waals surface area contributed by atoms with Gasteiger partial charge in [0, 0.05) is 12.1 Å². The van der Waals surface area contributed by atoms with E-state index in [1.54, 1.807) is 7.11 Å². The summed E-state index contributed by atoms with van der Waals surface area (Å²) in [4.78, 5) is 0. The van der Waals surface area contributed by atoms with Gasteiger partial charge >= 0.3 is 0 Å². The zero-order valence-electron chi connectivity index (χ0n) is 12.2. The zero-order chi connectivity index (χ0) is 13.6. The molecule has 0 aliphatic rings. The monoisotopic (exact) mass is 251 g/mol. The summed E-state index contributed by atoms with van der Waals surface area (Å²) in [5.74, 6) is 1.60. The van der Waals surface area contributed by atoms with Gasteiger partial charge in [0.2, 0.25) is 0 Å². The van der Waals surface area contributed by atoms with Crippen molar-refractivity contribution < 1.29 is 9.47 Å². The summed E-state index contributed by atoms with van der Waals surface area (Å²) < 4.78 is 11.0. The van der Waals surface area contributed by atoms with Crippen LogP contribution in [-0.4, -0.2) is 25.8 Å². The highest BCUT2D eigenvalue weighted by Gasteiger charge is 2.13. The summed E-state index contributed by atoms with van der Waals surface area (Å²) in [7, 11) is 1.67. The van der Waals surface area contributed by atoms with E-state index in [-0.39, 0.29) is 5.54 Å². The van der Waals surface area contributed by atoms with Gasteiger partial charge in [0.25, 0.3) is 0 Å². The standard InChI is InChI=1S/C15H25NO2/c1-6-15(3,4)16-9-10-18-13-8-7-12(2)11-14(13)17-5/h7-8,11,16H,6,9-10H2,1-5H3. The van der Waals surface area contributed by atoms with Crippen LogP contribution in [0.2, 0.25) is 0 Å². The van der Waals surface area contributed by atoms with E-state index < -0.39 is 0 Å². The van der Waals surface area contributed by atoms with E-state index >= 15 is 0 Å². The average molecular weight is 251 g/mol. The molecule has 1 aromatic rings. The largest absolute Gasteiger partial charge is 0.493 e. The molecule has 0 unspecified atom stereocenters. The lowest BCUT2D eigenvalue weighted by molar-refractivity contribution is 0.268. The first-order chi connectivity index (χ1) is 8.48. The maximum Gasteiger partial charge on any atom is 0.161 e. The molecule has 18 heavy (non-hydrogen) atoms. The van der Waals surface area contributed by atoms with E-state index in [4.69, 9.17) is 9.47 Å². The fraction of sp³-hybridized carbons (Fsp3) is 0.600. The van der Waals surface area contributed by atoms with Gasteiger partial charge in [-0.3, -0.25) is 0 Å². The van der Waals surface area contributed by atoms with Gasteiger partial charge in [-0.2, -0.15) is 0 Å². The first kappa shape index (κ1) is 14.8. The minimum absolute atomic E-state index is 0.167. The van der Waals surface area contributed by atoms with Gasteiger partial charge in [-0.05, 0) is 44.9 Å². The van der Waals surface area contributed by atoms with E-state index in [9.17, 15) is 0 Å². The van der Waals surface area contributed by atoms with Crippen molar-refractivity contribution in [3.05, 3.63) is 23.8 Å². The Morgan fingerprint density at radius 2 is 1.94 bits per heavy atom. The number of ether oxygens (including phenoxy) is 2. The van der Waals surface area contributed by atoms with Crippen LogP contribution in [0.1, 0.15) is 32.8 Å². The van der Waals surface area contributed by atoms with E-state index in [0.29, 0.717) is 6.61 Å². The fourth-order valence-corrected chi connectivity index (χ4v) is 1.57. The Labute approximate surface area is 110 Å². The van der Waals surface area contributed by atoms with Crippen LogP contribution in [0.25, 0.3) is 0 Å². The lowest BCUT2D eigenvalue weighted by Crippen LogP contribution is -2.40. The molecular formula is C15H25NO2. The van der Waals surface area contributed by atoms with Crippen LogP contribution in [0.15, 0.2) is 18.2 Å². The van der Waals surface area contributed by atoms with Crippen molar-refractivity contribution in [2.45, 2.75) is 39.7 Å². The number of rotatable bonds is 7. The third-order valence-corrected chi connectivity index (χ3v) is 3.17. The Balaban J connectivity index is 2.44. The number of nitrogens with one attached hydrogen (secondary N) is 1. The molecule has 3 nitrogen and oxygen atoms in total. The highest BCUT2D eigenvalue weighted by molar-refractivity contribution is 5.42. The molecule has 0 radical (unpaired) electrons. The number of hydrogen-bond donors (Lipinski definition) is 1. The highest BCUT2D eigenvalue weighted by atomic mass is 16.5. The minimum Gasteiger partial charge on any atom is -0.493 e. The lowest BCUT2D eigenvalue weighted by atomic mass is 10.0. The molecule has 0 heterocycles. The van der Waals surface area contributed by atoms with E-state index in [2.05, 4.69) is 26.1 Å². The molecule has 0 atom stereocenters. The van der Waals surface area contributed by atoms with Crippen molar-refractivity contribution in [2.75, 3.05) is 20.3 Å². The molecule has 0 aliphatic heterocycles. The smallest absolute Gasteiger partial charge is 0.161 e. The number of hydrogen-bond acceptors (Lipinski definition) is 3. The molecule has 1 aromatic carbocycles. The summed E-state index contributed by atoms with van der Waals surface area (Å²) in [6.45, 7) is 10.1. The van der Waals surface area contributed by atoms with Gasteiger partial charge in [0.05, 0.1) is 7.11 Å². The quantitative estimate of drug-likeness (QED) is 0.755. The van der Waals surface area contributed by atoms with Crippen LogP contribution in [0.5, 0.6) is 11.5 Å². The summed E-state index contributed by atoms with van der Waals surface area (Å²) in [6.07, 6.45) is 1.10.